The Morgan fingerprint density at radius 1 is 1.43 bits per heavy atom. The largest absolute Gasteiger partial charge is 0.466 e. The number of carbonyl (C=O) groups is 1. The van der Waals surface area contributed by atoms with Crippen molar-refractivity contribution in [3.05, 3.63) is 29.6 Å². The summed E-state index contributed by atoms with van der Waals surface area (Å²) < 4.78 is 40.5. The van der Waals surface area contributed by atoms with E-state index in [1.807, 2.05) is 0 Å². The van der Waals surface area contributed by atoms with Crippen molar-refractivity contribution in [2.45, 2.75) is 30.4 Å². The molecule has 7 nitrogen and oxygen atoms in total. The molecule has 0 aliphatic carbocycles. The number of hydrogen-bond acceptors (Lipinski definition) is 6. The Bertz CT molecular complexity index is 618. The zero-order valence-electron chi connectivity index (χ0n) is 11.2. The van der Waals surface area contributed by atoms with Gasteiger partial charge in [0.05, 0.1) is 24.0 Å². The lowest BCUT2D eigenvalue weighted by Gasteiger charge is -2.18. The minimum absolute atomic E-state index is 0.110. The number of hydrogen-bond donors (Lipinski definition) is 3. The summed E-state index contributed by atoms with van der Waals surface area (Å²) in [5, 5.41) is 24.3. The van der Waals surface area contributed by atoms with Crippen molar-refractivity contribution in [3.8, 4) is 0 Å². The van der Waals surface area contributed by atoms with Gasteiger partial charge in [-0.15, -0.1) is 0 Å². The fourth-order valence-electron chi connectivity index (χ4n) is 1.63. The number of halogens is 1. The highest BCUT2D eigenvalue weighted by Crippen LogP contribution is 2.24. The van der Waals surface area contributed by atoms with E-state index >= 15 is 0 Å². The molecule has 0 amide bonds. The summed E-state index contributed by atoms with van der Waals surface area (Å²) >= 11 is 0. The highest BCUT2D eigenvalue weighted by Gasteiger charge is 2.25. The molecule has 1 aromatic carbocycles. The van der Waals surface area contributed by atoms with Crippen LogP contribution in [0.3, 0.4) is 0 Å². The smallest absolute Gasteiger partial charge is 0.308 e. The van der Waals surface area contributed by atoms with E-state index in [-0.39, 0.29) is 12.2 Å². The van der Waals surface area contributed by atoms with E-state index in [9.17, 15) is 27.8 Å². The van der Waals surface area contributed by atoms with Crippen LogP contribution in [0, 0.1) is 5.82 Å². The Kier molecular flexibility index (Phi) is 5.78. The summed E-state index contributed by atoms with van der Waals surface area (Å²) in [7, 11) is -4.07. The second-order valence-electron chi connectivity index (χ2n) is 4.25. The van der Waals surface area contributed by atoms with Crippen LogP contribution in [-0.2, 0) is 19.6 Å². The molecule has 9 heteroatoms. The standard InChI is InChI=1S/C12H16FNO6S/c1-2-20-11(16)6-10(15)12(17)8-4-3-7(5-9(8)13)21(14,18)19/h3-5,10,12,15,17H,2,6H2,1H3,(H2,14,18,19). The molecule has 118 valence electrons. The summed E-state index contributed by atoms with van der Waals surface area (Å²) in [6.07, 6.45) is -3.81. The molecule has 1 aromatic rings. The first-order chi connectivity index (χ1) is 9.66. The van der Waals surface area contributed by atoms with Gasteiger partial charge in [0.25, 0.3) is 0 Å². The predicted octanol–water partition coefficient (Wildman–Crippen LogP) is -0.179. The first-order valence-electron chi connectivity index (χ1n) is 6.00. The predicted molar refractivity (Wildman–Crippen MR) is 70.0 cm³/mol. The van der Waals surface area contributed by atoms with Crippen LogP contribution in [0.2, 0.25) is 0 Å². The van der Waals surface area contributed by atoms with Crippen LogP contribution in [0.4, 0.5) is 4.39 Å². The Labute approximate surface area is 121 Å². The first-order valence-corrected chi connectivity index (χ1v) is 7.55. The monoisotopic (exact) mass is 321 g/mol. The fourth-order valence-corrected chi connectivity index (χ4v) is 2.16. The second kappa shape index (κ2) is 6.94. The maximum atomic E-state index is 13.8. The van der Waals surface area contributed by atoms with Gasteiger partial charge in [-0.1, -0.05) is 6.07 Å². The molecule has 1 rings (SSSR count). The maximum absolute atomic E-state index is 13.8. The molecule has 0 aromatic heterocycles. The third kappa shape index (κ3) is 4.74. The number of esters is 1. The van der Waals surface area contributed by atoms with E-state index in [0.29, 0.717) is 6.07 Å². The molecule has 2 unspecified atom stereocenters. The molecule has 0 radical (unpaired) electrons. The average molecular weight is 321 g/mol. The van der Waals surface area contributed by atoms with Crippen LogP contribution in [-0.4, -0.2) is 37.3 Å². The lowest BCUT2D eigenvalue weighted by Crippen LogP contribution is -2.24. The van der Waals surface area contributed by atoms with Gasteiger partial charge >= 0.3 is 5.97 Å². The number of rotatable bonds is 6. The van der Waals surface area contributed by atoms with Gasteiger partial charge in [-0.2, -0.15) is 0 Å². The van der Waals surface area contributed by atoms with Crippen LogP contribution < -0.4 is 5.14 Å². The Hall–Kier alpha value is -1.55. The molecular weight excluding hydrogens is 305 g/mol. The van der Waals surface area contributed by atoms with Gasteiger partial charge < -0.3 is 14.9 Å². The number of aliphatic hydroxyl groups is 2. The fraction of sp³-hybridized carbons (Fsp3) is 0.417. The van der Waals surface area contributed by atoms with Crippen LogP contribution in [0.1, 0.15) is 25.0 Å². The number of sulfonamides is 1. The van der Waals surface area contributed by atoms with Crippen molar-refractivity contribution >= 4 is 16.0 Å². The molecule has 21 heavy (non-hydrogen) atoms. The van der Waals surface area contributed by atoms with E-state index in [4.69, 9.17) is 5.14 Å². The first kappa shape index (κ1) is 17.5. The van der Waals surface area contributed by atoms with Gasteiger partial charge in [-0.3, -0.25) is 4.79 Å². The van der Waals surface area contributed by atoms with Crippen molar-refractivity contribution < 1.29 is 32.6 Å². The van der Waals surface area contributed by atoms with Crippen LogP contribution >= 0.6 is 0 Å². The van der Waals surface area contributed by atoms with E-state index in [0.717, 1.165) is 12.1 Å². The zero-order chi connectivity index (χ0) is 16.2. The molecular formula is C12H16FNO6S. The molecule has 0 saturated heterocycles. The number of ether oxygens (including phenoxy) is 1. The Morgan fingerprint density at radius 3 is 2.52 bits per heavy atom. The van der Waals surface area contributed by atoms with Gasteiger partial charge in [0.1, 0.15) is 11.9 Å². The normalized spacial score (nSPS) is 14.5. The molecule has 0 heterocycles. The Morgan fingerprint density at radius 2 is 2.05 bits per heavy atom. The van der Waals surface area contributed by atoms with Crippen molar-refractivity contribution in [1.82, 2.24) is 0 Å². The van der Waals surface area contributed by atoms with Crippen molar-refractivity contribution in [1.29, 1.82) is 0 Å². The average Bonchev–Trinajstić information content (AvgIpc) is 2.36. The maximum Gasteiger partial charge on any atom is 0.308 e. The number of benzene rings is 1. The number of primary sulfonamides is 1. The molecule has 0 saturated carbocycles. The molecule has 0 aliphatic rings. The minimum Gasteiger partial charge on any atom is -0.466 e. The summed E-state index contributed by atoms with van der Waals surface area (Å²) in [6.45, 7) is 1.69. The molecule has 0 bridgehead atoms. The van der Waals surface area contributed by atoms with E-state index < -0.39 is 45.3 Å². The molecule has 0 spiro atoms. The highest BCUT2D eigenvalue weighted by molar-refractivity contribution is 7.89. The van der Waals surface area contributed by atoms with Crippen molar-refractivity contribution in [2.24, 2.45) is 5.14 Å². The zero-order valence-corrected chi connectivity index (χ0v) is 12.0. The minimum atomic E-state index is -4.07. The third-order valence-corrected chi connectivity index (χ3v) is 3.58. The molecule has 2 atom stereocenters. The molecule has 0 aliphatic heterocycles. The summed E-state index contributed by atoms with van der Waals surface area (Å²) in [5.74, 6) is -1.80. The number of nitrogens with two attached hydrogens (primary N) is 1. The Balaban J connectivity index is 2.92. The van der Waals surface area contributed by atoms with E-state index in [2.05, 4.69) is 4.74 Å². The van der Waals surface area contributed by atoms with Gasteiger partial charge in [0, 0.05) is 5.56 Å². The SMILES string of the molecule is CCOC(=O)CC(O)C(O)c1ccc(S(N)(=O)=O)cc1F. The van der Waals surface area contributed by atoms with Crippen LogP contribution in [0.15, 0.2) is 23.1 Å². The number of aliphatic hydroxyl groups excluding tert-OH is 2. The van der Waals surface area contributed by atoms with Crippen molar-refractivity contribution in [2.75, 3.05) is 6.61 Å². The summed E-state index contributed by atoms with van der Waals surface area (Å²) in [6, 6.07) is 2.60. The topological polar surface area (TPSA) is 127 Å². The third-order valence-electron chi connectivity index (χ3n) is 2.66. The lowest BCUT2D eigenvalue weighted by molar-refractivity contribution is -0.147. The van der Waals surface area contributed by atoms with E-state index in [1.54, 1.807) is 6.92 Å². The highest BCUT2D eigenvalue weighted by atomic mass is 32.2. The van der Waals surface area contributed by atoms with Gasteiger partial charge in [0.15, 0.2) is 0 Å². The lowest BCUT2D eigenvalue weighted by atomic mass is 10.0. The summed E-state index contributed by atoms with van der Waals surface area (Å²) in [4.78, 5) is 10.7. The van der Waals surface area contributed by atoms with Gasteiger partial charge in [-0.05, 0) is 19.1 Å². The quantitative estimate of drug-likeness (QED) is 0.624. The second-order valence-corrected chi connectivity index (χ2v) is 5.81. The van der Waals surface area contributed by atoms with Gasteiger partial charge in [0.2, 0.25) is 10.0 Å². The number of carbonyl (C=O) groups excluding carboxylic acids is 1. The molecule has 4 N–H and O–H groups in total. The van der Waals surface area contributed by atoms with Crippen LogP contribution in [0.5, 0.6) is 0 Å². The summed E-state index contributed by atoms with van der Waals surface area (Å²) in [5.41, 5.74) is -0.348. The van der Waals surface area contributed by atoms with E-state index in [1.165, 1.54) is 0 Å². The molecule has 0 fully saturated rings. The van der Waals surface area contributed by atoms with Crippen LogP contribution in [0.25, 0.3) is 0 Å². The van der Waals surface area contributed by atoms with Gasteiger partial charge in [-0.25, -0.2) is 17.9 Å². The van der Waals surface area contributed by atoms with Crippen molar-refractivity contribution in [3.63, 3.8) is 0 Å².